The van der Waals surface area contributed by atoms with Crippen molar-refractivity contribution in [1.29, 1.82) is 0 Å². The van der Waals surface area contributed by atoms with E-state index in [2.05, 4.69) is 15.9 Å². The van der Waals surface area contributed by atoms with Gasteiger partial charge in [0.2, 0.25) is 10.0 Å². The molecule has 1 saturated heterocycles. The van der Waals surface area contributed by atoms with E-state index in [1.54, 1.807) is 23.1 Å². The Balaban J connectivity index is 1.72. The molecule has 28 heavy (non-hydrogen) atoms. The third-order valence-electron chi connectivity index (χ3n) is 4.84. The molecule has 2 aromatic carbocycles. The molecular weight excluding hydrogens is 447 g/mol. The van der Waals surface area contributed by atoms with Crippen LogP contribution in [0.15, 0.2) is 51.8 Å². The first kappa shape index (κ1) is 21.0. The van der Waals surface area contributed by atoms with Gasteiger partial charge in [-0.05, 0) is 53.9 Å². The fourth-order valence-corrected chi connectivity index (χ4v) is 5.34. The van der Waals surface area contributed by atoms with Gasteiger partial charge < -0.3 is 4.90 Å². The number of amides is 1. The Morgan fingerprint density at radius 3 is 2.21 bits per heavy atom. The third-order valence-corrected chi connectivity index (χ3v) is 7.46. The molecule has 0 atom stereocenters. The molecule has 150 valence electrons. The highest BCUT2D eigenvalue weighted by atomic mass is 79.9. The van der Waals surface area contributed by atoms with E-state index in [1.165, 1.54) is 28.6 Å². The van der Waals surface area contributed by atoms with E-state index < -0.39 is 15.8 Å². The summed E-state index contributed by atoms with van der Waals surface area (Å²) >= 11 is 3.47. The zero-order valence-corrected chi connectivity index (χ0v) is 18.1. The molecule has 0 N–H and O–H groups in total. The molecule has 1 aliphatic rings. The minimum atomic E-state index is -3.63. The van der Waals surface area contributed by atoms with E-state index >= 15 is 0 Å². The smallest absolute Gasteiger partial charge is 0.253 e. The number of halogens is 2. The van der Waals surface area contributed by atoms with Gasteiger partial charge in [0, 0.05) is 36.2 Å². The lowest BCUT2D eigenvalue weighted by Crippen LogP contribution is -2.50. The minimum absolute atomic E-state index is 0.190. The highest BCUT2D eigenvalue weighted by Crippen LogP contribution is 2.29. The predicted molar refractivity (Wildman–Crippen MR) is 109 cm³/mol. The average molecular weight is 469 g/mol. The maximum Gasteiger partial charge on any atom is 0.253 e. The van der Waals surface area contributed by atoms with Crippen molar-refractivity contribution in [2.24, 2.45) is 0 Å². The monoisotopic (exact) mass is 468 g/mol. The van der Waals surface area contributed by atoms with Gasteiger partial charge in [-0.15, -0.1) is 0 Å². The molecule has 0 saturated carbocycles. The highest BCUT2D eigenvalue weighted by molar-refractivity contribution is 9.10. The number of rotatable bonds is 4. The average Bonchev–Trinajstić information content (AvgIpc) is 2.68. The number of hydrogen-bond donors (Lipinski definition) is 0. The zero-order chi connectivity index (χ0) is 20.5. The first-order chi connectivity index (χ1) is 13.2. The molecule has 1 amide bonds. The van der Waals surface area contributed by atoms with Gasteiger partial charge in [0.05, 0.1) is 4.90 Å². The van der Waals surface area contributed by atoms with E-state index in [4.69, 9.17) is 0 Å². The molecule has 1 aliphatic heterocycles. The predicted octanol–water partition coefficient (Wildman–Crippen LogP) is 3.86. The van der Waals surface area contributed by atoms with Crippen molar-refractivity contribution in [3.63, 3.8) is 0 Å². The maximum absolute atomic E-state index is 13.0. The van der Waals surface area contributed by atoms with Crippen molar-refractivity contribution < 1.29 is 17.6 Å². The summed E-state index contributed by atoms with van der Waals surface area (Å²) in [6, 6.07) is 10.4. The number of sulfonamides is 1. The van der Waals surface area contributed by atoms with Crippen LogP contribution in [-0.4, -0.2) is 49.7 Å². The van der Waals surface area contributed by atoms with Crippen molar-refractivity contribution in [1.82, 2.24) is 9.21 Å². The first-order valence-corrected chi connectivity index (χ1v) is 11.3. The standard InChI is InChI=1S/C20H22BrFN2O3S/c1-14(2)18-13-17(7-8-19(18)21)28(26,27)24-11-9-23(10-12-24)20(25)15-3-5-16(22)6-4-15/h3-8,13-14H,9-12H2,1-2H3. The summed E-state index contributed by atoms with van der Waals surface area (Å²) < 4.78 is 41.4. The molecule has 0 radical (unpaired) electrons. The Morgan fingerprint density at radius 2 is 1.64 bits per heavy atom. The van der Waals surface area contributed by atoms with Crippen LogP contribution in [0.25, 0.3) is 0 Å². The molecule has 0 aromatic heterocycles. The van der Waals surface area contributed by atoms with E-state index in [9.17, 15) is 17.6 Å². The molecule has 0 unspecified atom stereocenters. The lowest BCUT2D eigenvalue weighted by atomic mass is 10.0. The number of piperazine rings is 1. The normalized spacial score (nSPS) is 15.8. The Bertz CT molecular complexity index is 969. The summed E-state index contributed by atoms with van der Waals surface area (Å²) in [5.41, 5.74) is 1.33. The summed E-state index contributed by atoms with van der Waals surface area (Å²) in [5, 5.41) is 0. The number of hydrogen-bond acceptors (Lipinski definition) is 3. The highest BCUT2D eigenvalue weighted by Gasteiger charge is 2.31. The Kier molecular flexibility index (Phi) is 6.21. The minimum Gasteiger partial charge on any atom is -0.336 e. The number of benzene rings is 2. The second kappa shape index (κ2) is 8.31. The van der Waals surface area contributed by atoms with Crippen LogP contribution in [0.2, 0.25) is 0 Å². The second-order valence-electron chi connectivity index (χ2n) is 7.04. The molecule has 0 bridgehead atoms. The molecule has 1 fully saturated rings. The van der Waals surface area contributed by atoms with Crippen LogP contribution in [0, 0.1) is 5.82 Å². The van der Waals surface area contributed by atoms with Gasteiger partial charge >= 0.3 is 0 Å². The van der Waals surface area contributed by atoms with Gasteiger partial charge in [-0.3, -0.25) is 4.79 Å². The van der Waals surface area contributed by atoms with Crippen LogP contribution in [0.1, 0.15) is 35.7 Å². The van der Waals surface area contributed by atoms with Crippen LogP contribution >= 0.6 is 15.9 Å². The third kappa shape index (κ3) is 4.29. The summed E-state index contributed by atoms with van der Waals surface area (Å²) in [4.78, 5) is 14.4. The van der Waals surface area contributed by atoms with Crippen molar-refractivity contribution in [2.45, 2.75) is 24.7 Å². The molecule has 8 heteroatoms. The van der Waals surface area contributed by atoms with Crippen LogP contribution in [0.3, 0.4) is 0 Å². The largest absolute Gasteiger partial charge is 0.336 e. The molecule has 2 aromatic rings. The number of carbonyl (C=O) groups excluding carboxylic acids is 1. The molecule has 1 heterocycles. The van der Waals surface area contributed by atoms with Gasteiger partial charge in [0.15, 0.2) is 0 Å². The molecular formula is C20H22BrFN2O3S. The Labute approximate surface area is 173 Å². The van der Waals surface area contributed by atoms with E-state index in [0.717, 1.165) is 10.0 Å². The van der Waals surface area contributed by atoms with Gasteiger partial charge in [-0.25, -0.2) is 12.8 Å². The summed E-state index contributed by atoms with van der Waals surface area (Å²) in [6.07, 6.45) is 0. The summed E-state index contributed by atoms with van der Waals surface area (Å²) in [5.74, 6) is -0.430. The van der Waals surface area contributed by atoms with Crippen LogP contribution < -0.4 is 0 Å². The van der Waals surface area contributed by atoms with Crippen LogP contribution in [0.5, 0.6) is 0 Å². The van der Waals surface area contributed by atoms with Gasteiger partial charge in [-0.1, -0.05) is 29.8 Å². The van der Waals surface area contributed by atoms with Crippen molar-refractivity contribution in [3.8, 4) is 0 Å². The van der Waals surface area contributed by atoms with Gasteiger partial charge in [0.1, 0.15) is 5.82 Å². The fraction of sp³-hybridized carbons (Fsp3) is 0.350. The number of nitrogens with zero attached hydrogens (tertiary/aromatic N) is 2. The molecule has 5 nitrogen and oxygen atoms in total. The lowest BCUT2D eigenvalue weighted by Gasteiger charge is -2.34. The topological polar surface area (TPSA) is 57.7 Å². The van der Waals surface area contributed by atoms with Crippen molar-refractivity contribution in [3.05, 3.63) is 63.9 Å². The van der Waals surface area contributed by atoms with Crippen LogP contribution in [0.4, 0.5) is 4.39 Å². The van der Waals surface area contributed by atoms with Gasteiger partial charge in [-0.2, -0.15) is 4.31 Å². The molecule has 0 aliphatic carbocycles. The lowest BCUT2D eigenvalue weighted by molar-refractivity contribution is 0.0698. The maximum atomic E-state index is 13.0. The van der Waals surface area contributed by atoms with Crippen LogP contribution in [-0.2, 0) is 10.0 Å². The number of carbonyl (C=O) groups is 1. The quantitative estimate of drug-likeness (QED) is 0.684. The zero-order valence-electron chi connectivity index (χ0n) is 15.7. The van der Waals surface area contributed by atoms with E-state index in [-0.39, 0.29) is 29.8 Å². The van der Waals surface area contributed by atoms with E-state index in [0.29, 0.717) is 18.7 Å². The summed E-state index contributed by atoms with van der Waals surface area (Å²) in [6.45, 7) is 5.06. The molecule has 3 rings (SSSR count). The SMILES string of the molecule is CC(C)c1cc(S(=O)(=O)N2CCN(C(=O)c3ccc(F)cc3)CC2)ccc1Br. The first-order valence-electron chi connectivity index (χ1n) is 9.04. The van der Waals surface area contributed by atoms with E-state index in [1.807, 2.05) is 13.8 Å². The molecule has 0 spiro atoms. The Hall–Kier alpha value is -1.77. The summed E-state index contributed by atoms with van der Waals surface area (Å²) in [7, 11) is -3.63. The van der Waals surface area contributed by atoms with Gasteiger partial charge in [0.25, 0.3) is 5.91 Å². The van der Waals surface area contributed by atoms with Crippen molar-refractivity contribution in [2.75, 3.05) is 26.2 Å². The van der Waals surface area contributed by atoms with Crippen molar-refractivity contribution >= 4 is 31.9 Å². The fourth-order valence-electron chi connectivity index (χ4n) is 3.18. The Morgan fingerprint density at radius 1 is 1.04 bits per heavy atom. The second-order valence-corrected chi connectivity index (χ2v) is 9.83.